The van der Waals surface area contributed by atoms with Crippen molar-refractivity contribution in [2.45, 2.75) is 5.92 Å². The molecule has 5 nitrogen and oxygen atoms in total. The number of carboxylic acid groups (broad SMARTS) is 1. The number of likely N-dealkylation sites (N-methyl/N-ethyl adjacent to an activating group) is 1. The van der Waals surface area contributed by atoms with E-state index in [4.69, 9.17) is 0 Å². The van der Waals surface area contributed by atoms with Crippen molar-refractivity contribution in [1.82, 2.24) is 9.80 Å². The van der Waals surface area contributed by atoms with Crippen LogP contribution in [0, 0.1) is 11.7 Å². The molecular weight excluding hydrogens is 275 g/mol. The van der Waals surface area contributed by atoms with Crippen LogP contribution in [0.4, 0.5) is 4.39 Å². The largest absolute Gasteiger partial charge is 0.481 e. The molecule has 114 valence electrons. The number of rotatable bonds is 4. The van der Waals surface area contributed by atoms with Gasteiger partial charge in [0.05, 0.1) is 12.5 Å². The van der Waals surface area contributed by atoms with Gasteiger partial charge in [0.15, 0.2) is 0 Å². The van der Waals surface area contributed by atoms with E-state index in [1.165, 1.54) is 17.0 Å². The van der Waals surface area contributed by atoms with Crippen LogP contribution < -0.4 is 0 Å². The number of carbonyl (C=O) groups is 2. The molecule has 2 atom stereocenters. The first-order valence-corrected chi connectivity index (χ1v) is 6.79. The number of carbonyl (C=O) groups excluding carboxylic acids is 1. The van der Waals surface area contributed by atoms with Gasteiger partial charge in [-0.25, -0.2) is 4.39 Å². The summed E-state index contributed by atoms with van der Waals surface area (Å²) in [4.78, 5) is 26.5. The fourth-order valence-corrected chi connectivity index (χ4v) is 2.65. The zero-order valence-electron chi connectivity index (χ0n) is 12.1. The molecular formula is C15H19FN2O3. The predicted molar refractivity (Wildman–Crippen MR) is 75.4 cm³/mol. The molecule has 1 aliphatic rings. The van der Waals surface area contributed by atoms with Crippen LogP contribution in [0.2, 0.25) is 0 Å². The van der Waals surface area contributed by atoms with Crippen LogP contribution in [-0.4, -0.2) is 60.5 Å². The summed E-state index contributed by atoms with van der Waals surface area (Å²) in [7, 11) is 3.34. The first-order valence-electron chi connectivity index (χ1n) is 6.79. The van der Waals surface area contributed by atoms with E-state index >= 15 is 0 Å². The fraction of sp³-hybridized carbons (Fsp3) is 0.467. The van der Waals surface area contributed by atoms with Crippen LogP contribution in [0.5, 0.6) is 0 Å². The molecule has 1 heterocycles. The molecule has 6 heteroatoms. The number of hydrogen-bond acceptors (Lipinski definition) is 3. The van der Waals surface area contributed by atoms with Gasteiger partial charge in [-0.15, -0.1) is 0 Å². The van der Waals surface area contributed by atoms with E-state index in [0.29, 0.717) is 13.1 Å². The Morgan fingerprint density at radius 3 is 2.43 bits per heavy atom. The fourth-order valence-electron chi connectivity index (χ4n) is 2.65. The summed E-state index contributed by atoms with van der Waals surface area (Å²) in [5.41, 5.74) is 0.795. The van der Waals surface area contributed by atoms with E-state index in [1.807, 2.05) is 4.90 Å². The van der Waals surface area contributed by atoms with Crippen molar-refractivity contribution in [1.29, 1.82) is 0 Å². The number of aliphatic carboxylic acids is 1. The molecule has 0 saturated carbocycles. The predicted octanol–water partition coefficient (Wildman–Crippen LogP) is 1.01. The van der Waals surface area contributed by atoms with Gasteiger partial charge >= 0.3 is 5.97 Å². The second-order valence-electron chi connectivity index (χ2n) is 5.59. The third-order valence-corrected chi connectivity index (χ3v) is 3.87. The third kappa shape index (κ3) is 3.58. The number of halogens is 1. The Bertz CT molecular complexity index is 530. The molecule has 2 rings (SSSR count). The molecule has 0 spiro atoms. The monoisotopic (exact) mass is 294 g/mol. The topological polar surface area (TPSA) is 60.9 Å². The summed E-state index contributed by atoms with van der Waals surface area (Å²) in [5, 5.41) is 9.36. The van der Waals surface area contributed by atoms with Crippen molar-refractivity contribution >= 4 is 11.9 Å². The average molecular weight is 294 g/mol. The SMILES string of the molecule is CN(C)C(=O)CN1C[C@@H](C(=O)O)[C@H](c2ccc(F)cc2)C1. The normalized spacial score (nSPS) is 22.2. The first kappa shape index (κ1) is 15.4. The Morgan fingerprint density at radius 2 is 1.90 bits per heavy atom. The Hall–Kier alpha value is -1.95. The highest BCUT2D eigenvalue weighted by Gasteiger charge is 2.39. The zero-order valence-corrected chi connectivity index (χ0v) is 12.1. The molecule has 0 aromatic heterocycles. The molecule has 1 aliphatic heterocycles. The Morgan fingerprint density at radius 1 is 1.29 bits per heavy atom. The van der Waals surface area contributed by atoms with Gasteiger partial charge in [-0.2, -0.15) is 0 Å². The minimum absolute atomic E-state index is 0.0566. The molecule has 1 amide bonds. The third-order valence-electron chi connectivity index (χ3n) is 3.87. The Balaban J connectivity index is 2.14. The van der Waals surface area contributed by atoms with Crippen molar-refractivity contribution in [2.24, 2.45) is 5.92 Å². The van der Waals surface area contributed by atoms with Crippen molar-refractivity contribution in [3.05, 3.63) is 35.6 Å². The highest BCUT2D eigenvalue weighted by molar-refractivity contribution is 5.78. The van der Waals surface area contributed by atoms with E-state index in [2.05, 4.69) is 0 Å². The van der Waals surface area contributed by atoms with Gasteiger partial charge in [0.1, 0.15) is 5.82 Å². The molecule has 21 heavy (non-hydrogen) atoms. The van der Waals surface area contributed by atoms with Gasteiger partial charge in [0.25, 0.3) is 0 Å². The van der Waals surface area contributed by atoms with Gasteiger partial charge in [-0.3, -0.25) is 14.5 Å². The summed E-state index contributed by atoms with van der Waals surface area (Å²) >= 11 is 0. The Labute approximate surface area is 123 Å². The lowest BCUT2D eigenvalue weighted by molar-refractivity contribution is -0.142. The summed E-state index contributed by atoms with van der Waals surface area (Å²) in [5.74, 6) is -2.09. The number of likely N-dealkylation sites (tertiary alicyclic amines) is 1. The van der Waals surface area contributed by atoms with E-state index in [-0.39, 0.29) is 24.2 Å². The van der Waals surface area contributed by atoms with Crippen molar-refractivity contribution in [3.63, 3.8) is 0 Å². The lowest BCUT2D eigenvalue weighted by Gasteiger charge is -2.18. The second-order valence-corrected chi connectivity index (χ2v) is 5.59. The van der Waals surface area contributed by atoms with Crippen molar-refractivity contribution < 1.29 is 19.1 Å². The number of carboxylic acids is 1. The van der Waals surface area contributed by atoms with Gasteiger partial charge in [-0.1, -0.05) is 12.1 Å². The first-order chi connectivity index (χ1) is 9.88. The van der Waals surface area contributed by atoms with Crippen LogP contribution in [-0.2, 0) is 9.59 Å². The van der Waals surface area contributed by atoms with Crippen molar-refractivity contribution in [3.8, 4) is 0 Å². The molecule has 1 aromatic rings. The highest BCUT2D eigenvalue weighted by Crippen LogP contribution is 2.32. The summed E-state index contributed by atoms with van der Waals surface area (Å²) < 4.78 is 13.0. The molecule has 1 fully saturated rings. The smallest absolute Gasteiger partial charge is 0.308 e. The van der Waals surface area contributed by atoms with Crippen LogP contribution in [0.3, 0.4) is 0 Å². The number of nitrogens with zero attached hydrogens (tertiary/aromatic N) is 2. The van der Waals surface area contributed by atoms with Gasteiger partial charge in [0.2, 0.25) is 5.91 Å². The van der Waals surface area contributed by atoms with Gasteiger partial charge < -0.3 is 10.0 Å². The lowest BCUT2D eigenvalue weighted by Crippen LogP contribution is -2.35. The summed E-state index contributed by atoms with van der Waals surface area (Å²) in [6.45, 7) is 1.02. The standard InChI is InChI=1S/C15H19FN2O3/c1-17(2)14(19)9-18-7-12(13(8-18)15(20)21)10-3-5-11(16)6-4-10/h3-6,12-13H,7-9H2,1-2H3,(H,20,21)/t12-,13+/m0/s1. The molecule has 1 aromatic carbocycles. The van der Waals surface area contributed by atoms with Crippen LogP contribution in [0.1, 0.15) is 11.5 Å². The van der Waals surface area contributed by atoms with Crippen molar-refractivity contribution in [2.75, 3.05) is 33.7 Å². The minimum atomic E-state index is -0.885. The average Bonchev–Trinajstić information content (AvgIpc) is 2.83. The van der Waals surface area contributed by atoms with Crippen LogP contribution in [0.15, 0.2) is 24.3 Å². The second kappa shape index (κ2) is 6.22. The van der Waals surface area contributed by atoms with Crippen LogP contribution >= 0.6 is 0 Å². The molecule has 0 aliphatic carbocycles. The van der Waals surface area contributed by atoms with Gasteiger partial charge in [0, 0.05) is 33.1 Å². The zero-order chi connectivity index (χ0) is 15.6. The maximum absolute atomic E-state index is 13.0. The molecule has 0 unspecified atom stereocenters. The quantitative estimate of drug-likeness (QED) is 0.900. The molecule has 1 N–H and O–H groups in total. The van der Waals surface area contributed by atoms with Crippen LogP contribution in [0.25, 0.3) is 0 Å². The maximum Gasteiger partial charge on any atom is 0.308 e. The van der Waals surface area contributed by atoms with E-state index in [1.54, 1.807) is 26.2 Å². The highest BCUT2D eigenvalue weighted by atomic mass is 19.1. The molecule has 0 bridgehead atoms. The minimum Gasteiger partial charge on any atom is -0.481 e. The maximum atomic E-state index is 13.0. The molecule has 1 saturated heterocycles. The lowest BCUT2D eigenvalue weighted by atomic mass is 9.89. The van der Waals surface area contributed by atoms with E-state index in [9.17, 15) is 19.1 Å². The number of amides is 1. The number of benzene rings is 1. The summed E-state index contributed by atoms with van der Waals surface area (Å²) in [6, 6.07) is 5.91. The number of hydrogen-bond donors (Lipinski definition) is 1. The van der Waals surface area contributed by atoms with E-state index < -0.39 is 11.9 Å². The summed E-state index contributed by atoms with van der Waals surface area (Å²) in [6.07, 6.45) is 0. The molecule has 0 radical (unpaired) electrons. The van der Waals surface area contributed by atoms with E-state index in [0.717, 1.165) is 5.56 Å². The Kier molecular flexibility index (Phi) is 4.57. The van der Waals surface area contributed by atoms with Gasteiger partial charge in [-0.05, 0) is 17.7 Å².